The maximum atomic E-state index is 4.47. The third-order valence-electron chi connectivity index (χ3n) is 9.79. The van der Waals surface area contributed by atoms with Crippen LogP contribution >= 0.6 is 0 Å². The van der Waals surface area contributed by atoms with Gasteiger partial charge in [0.1, 0.15) is 0 Å². The standard InChI is InChI=1S/C39H49NSi2/c1-14-35-40-42(38-31(10)19-25(4)20-32(38)11,39-33(12)21-26(5)22-34(39)13)41(35,36-27(6)15-23(2)16-28(36)7)37-29(8)17-24(3)18-30(37)9/h14-22,40H,1-13H3. The van der Waals surface area contributed by atoms with Gasteiger partial charge >= 0.3 is 0 Å². The molecular formula is C39H49NSi2. The van der Waals surface area contributed by atoms with Gasteiger partial charge in [0.15, 0.2) is 7.59 Å². The fraction of sp³-hybridized carbons (Fsp3) is 0.333. The van der Waals surface area contributed by atoms with Crippen molar-refractivity contribution in [2.24, 2.45) is 0 Å². The number of hydrogen-bond donors (Lipinski definition) is 1. The van der Waals surface area contributed by atoms with Crippen LogP contribution in [-0.2, 0) is 0 Å². The fourth-order valence-electron chi connectivity index (χ4n) is 9.30. The monoisotopic (exact) mass is 587 g/mol. The highest BCUT2D eigenvalue weighted by atomic mass is 29.3. The summed E-state index contributed by atoms with van der Waals surface area (Å²) in [6.45, 7) is 30.3. The van der Waals surface area contributed by atoms with Crippen molar-refractivity contribution in [3.63, 3.8) is 0 Å². The zero-order valence-corrected chi connectivity index (χ0v) is 30.2. The van der Waals surface area contributed by atoms with Crippen LogP contribution in [0.4, 0.5) is 0 Å². The minimum atomic E-state index is -2.70. The Morgan fingerprint density at radius 1 is 0.405 bits per heavy atom. The second-order valence-electron chi connectivity index (χ2n) is 13.4. The molecule has 0 radical (unpaired) electrons. The van der Waals surface area contributed by atoms with E-state index >= 15 is 0 Å². The molecule has 0 saturated carbocycles. The Hall–Kier alpha value is -3.15. The molecule has 4 aromatic carbocycles. The maximum Gasteiger partial charge on any atom is 0.222 e. The zero-order chi connectivity index (χ0) is 30.9. The molecule has 0 unspecified atom stereocenters. The van der Waals surface area contributed by atoms with Crippen molar-refractivity contribution < 1.29 is 0 Å². The summed E-state index contributed by atoms with van der Waals surface area (Å²) in [4.78, 5) is 4.47. The molecule has 218 valence electrons. The van der Waals surface area contributed by atoms with Crippen molar-refractivity contribution in [2.75, 3.05) is 0 Å². The molecule has 3 heteroatoms. The van der Waals surface area contributed by atoms with Crippen LogP contribution < -0.4 is 25.7 Å². The second kappa shape index (κ2) is 10.5. The Kier molecular flexibility index (Phi) is 7.61. The van der Waals surface area contributed by atoms with Crippen LogP contribution in [-0.4, -0.2) is 15.3 Å². The van der Waals surface area contributed by atoms with Crippen LogP contribution in [0.1, 0.15) is 73.7 Å². The van der Waals surface area contributed by atoms with Gasteiger partial charge in [0.25, 0.3) is 0 Å². The lowest BCUT2D eigenvalue weighted by Crippen LogP contribution is -3.02. The summed E-state index contributed by atoms with van der Waals surface area (Å²) in [5, 5.41) is 7.93. The first kappa shape index (κ1) is 30.3. The van der Waals surface area contributed by atoms with Crippen molar-refractivity contribution >= 4 is 36.1 Å². The molecule has 1 aliphatic rings. The molecule has 0 amide bonds. The van der Waals surface area contributed by atoms with E-state index in [2.05, 4.69) is 150 Å². The summed E-state index contributed by atoms with van der Waals surface area (Å²) >= 11 is 0. The first-order chi connectivity index (χ1) is 19.7. The SMILES string of the molecule is CC=C1N[Si](c2c(C)cc(C)cc2C)(c2c(C)cc(C)cc2C)[Si]1(c1c(C)cc(C)cc1C)c1c(C)cc(C)cc1C. The van der Waals surface area contributed by atoms with E-state index in [1.807, 2.05) is 0 Å². The van der Waals surface area contributed by atoms with Gasteiger partial charge in [-0.2, -0.15) is 0 Å². The predicted molar refractivity (Wildman–Crippen MR) is 190 cm³/mol. The molecule has 0 bridgehead atoms. The fourth-order valence-corrected chi connectivity index (χ4v) is 31.4. The van der Waals surface area contributed by atoms with E-state index in [0.29, 0.717) is 0 Å². The Morgan fingerprint density at radius 2 is 0.643 bits per heavy atom. The Labute approximate surface area is 257 Å². The molecular weight excluding hydrogens is 539 g/mol. The number of allylic oxidation sites excluding steroid dienone is 1. The third-order valence-corrected chi connectivity index (χ3v) is 26.7. The van der Waals surface area contributed by atoms with E-state index in [1.54, 1.807) is 20.7 Å². The van der Waals surface area contributed by atoms with E-state index in [0.717, 1.165) is 0 Å². The van der Waals surface area contributed by atoms with E-state index < -0.39 is 15.3 Å². The molecule has 1 nitrogen and oxygen atoms in total. The van der Waals surface area contributed by atoms with Crippen molar-refractivity contribution in [3.05, 3.63) is 127 Å². The lowest BCUT2D eigenvalue weighted by Gasteiger charge is -2.63. The summed E-state index contributed by atoms with van der Waals surface area (Å²) < 4.78 is 0. The quantitative estimate of drug-likeness (QED) is 0.258. The Balaban J connectivity index is 2.17. The topological polar surface area (TPSA) is 12.0 Å². The van der Waals surface area contributed by atoms with Gasteiger partial charge in [-0.3, -0.25) is 0 Å². The first-order valence-electron chi connectivity index (χ1n) is 15.5. The van der Waals surface area contributed by atoms with E-state index in [-0.39, 0.29) is 0 Å². The van der Waals surface area contributed by atoms with Crippen LogP contribution in [0.15, 0.2) is 59.9 Å². The van der Waals surface area contributed by atoms with Crippen molar-refractivity contribution in [3.8, 4) is 0 Å². The Bertz CT molecular complexity index is 1580. The van der Waals surface area contributed by atoms with E-state index in [4.69, 9.17) is 0 Å². The van der Waals surface area contributed by atoms with Gasteiger partial charge in [-0.1, -0.05) is 99.1 Å². The van der Waals surface area contributed by atoms with Gasteiger partial charge in [-0.25, -0.2) is 0 Å². The molecule has 0 atom stereocenters. The van der Waals surface area contributed by atoms with Gasteiger partial charge in [-0.15, -0.1) is 0 Å². The lowest BCUT2D eigenvalue weighted by molar-refractivity contribution is 1.16. The summed E-state index contributed by atoms with van der Waals surface area (Å²) in [6.07, 6.45) is 2.44. The van der Waals surface area contributed by atoms with E-state index in [1.165, 1.54) is 72.1 Å². The smallest absolute Gasteiger partial charge is 0.222 e. The molecule has 1 N–H and O–H groups in total. The summed E-state index contributed by atoms with van der Waals surface area (Å²) in [5.74, 6) is 0. The number of aryl methyl sites for hydroxylation is 12. The molecule has 1 fully saturated rings. The van der Waals surface area contributed by atoms with Crippen LogP contribution in [0, 0.1) is 83.1 Å². The van der Waals surface area contributed by atoms with Crippen LogP contribution in [0.2, 0.25) is 0 Å². The Morgan fingerprint density at radius 3 is 0.881 bits per heavy atom. The van der Waals surface area contributed by atoms with Crippen molar-refractivity contribution in [2.45, 2.75) is 90.0 Å². The van der Waals surface area contributed by atoms with Gasteiger partial charge in [0.05, 0.1) is 0 Å². The summed E-state index contributed by atoms with van der Waals surface area (Å²) in [7, 11) is -5.39. The van der Waals surface area contributed by atoms with Crippen LogP contribution in [0.5, 0.6) is 0 Å². The molecule has 5 rings (SSSR count). The molecule has 1 aliphatic heterocycles. The van der Waals surface area contributed by atoms with Crippen molar-refractivity contribution in [1.29, 1.82) is 0 Å². The van der Waals surface area contributed by atoms with Gasteiger partial charge in [0, 0.05) is 0 Å². The minimum Gasteiger partial charge on any atom is -0.411 e. The van der Waals surface area contributed by atoms with Crippen LogP contribution in [0.25, 0.3) is 0 Å². The van der Waals surface area contributed by atoms with Gasteiger partial charge < -0.3 is 4.98 Å². The molecule has 42 heavy (non-hydrogen) atoms. The predicted octanol–water partition coefficient (Wildman–Crippen LogP) is 6.84. The molecule has 1 heterocycles. The number of rotatable bonds is 4. The lowest BCUT2D eigenvalue weighted by atomic mass is 10.1. The molecule has 0 aliphatic carbocycles. The highest BCUT2D eigenvalue weighted by molar-refractivity contribution is 7.65. The van der Waals surface area contributed by atoms with E-state index in [9.17, 15) is 0 Å². The van der Waals surface area contributed by atoms with Gasteiger partial charge in [-0.05, 0) is 138 Å². The highest BCUT2D eigenvalue weighted by Crippen LogP contribution is 2.39. The molecule has 4 aromatic rings. The molecule has 0 spiro atoms. The largest absolute Gasteiger partial charge is 0.411 e. The third kappa shape index (κ3) is 4.15. The number of nitrogens with one attached hydrogen (secondary N) is 1. The average molecular weight is 588 g/mol. The first-order valence-corrected chi connectivity index (χ1v) is 20.5. The molecule has 1 saturated heterocycles. The summed E-state index contributed by atoms with van der Waals surface area (Å²) in [6, 6.07) is 19.5. The number of hydrogen-bond acceptors (Lipinski definition) is 1. The average Bonchev–Trinajstić information content (AvgIpc) is 2.83. The second-order valence-corrected chi connectivity index (χ2v) is 23.7. The highest BCUT2D eigenvalue weighted by Gasteiger charge is 2.73. The number of benzene rings is 4. The molecule has 0 aromatic heterocycles. The zero-order valence-electron chi connectivity index (χ0n) is 28.2. The van der Waals surface area contributed by atoms with Crippen LogP contribution in [0.3, 0.4) is 0 Å². The normalized spacial score (nSPS) is 16.4. The minimum absolute atomic E-state index is 1.35. The van der Waals surface area contributed by atoms with Gasteiger partial charge in [0.2, 0.25) is 7.75 Å². The summed E-state index contributed by atoms with van der Waals surface area (Å²) in [5.41, 5.74) is 16.9. The van der Waals surface area contributed by atoms with Crippen molar-refractivity contribution in [1.82, 2.24) is 4.98 Å². The maximum absolute atomic E-state index is 4.47.